The van der Waals surface area contributed by atoms with Crippen molar-refractivity contribution in [2.24, 2.45) is 4.99 Å². The Morgan fingerprint density at radius 1 is 1.24 bits per heavy atom. The monoisotopic (exact) mass is 400 g/mol. The minimum absolute atomic E-state index is 0.292. The summed E-state index contributed by atoms with van der Waals surface area (Å²) in [7, 11) is 1.77. The van der Waals surface area contributed by atoms with Crippen molar-refractivity contribution < 1.29 is 13.9 Å². The first-order valence-corrected chi connectivity index (χ1v) is 10.4. The number of guanidine groups is 1. The molecular weight excluding hydrogens is 368 g/mol. The number of hydrogen-bond donors (Lipinski definition) is 2. The molecule has 1 aromatic heterocycles. The van der Waals surface area contributed by atoms with Gasteiger partial charge in [-0.2, -0.15) is 0 Å². The Labute approximate surface area is 172 Å². The van der Waals surface area contributed by atoms with Crippen molar-refractivity contribution in [1.82, 2.24) is 15.6 Å². The van der Waals surface area contributed by atoms with Crippen LogP contribution in [0.4, 0.5) is 0 Å². The first-order valence-electron chi connectivity index (χ1n) is 10.4. The normalized spacial score (nSPS) is 16.9. The lowest BCUT2D eigenvalue weighted by molar-refractivity contribution is 0.0168. The molecule has 0 saturated carbocycles. The lowest BCUT2D eigenvalue weighted by Crippen LogP contribution is -2.39. The summed E-state index contributed by atoms with van der Waals surface area (Å²) in [5.74, 6) is 1.44. The van der Waals surface area contributed by atoms with E-state index in [-0.39, 0.29) is 0 Å². The molecule has 2 N–H and O–H groups in total. The molecule has 0 amide bonds. The van der Waals surface area contributed by atoms with E-state index in [2.05, 4.69) is 39.7 Å². The van der Waals surface area contributed by atoms with Gasteiger partial charge in [-0.1, -0.05) is 17.7 Å². The third-order valence-corrected chi connectivity index (χ3v) is 4.83. The first kappa shape index (κ1) is 21.3. The van der Waals surface area contributed by atoms with Gasteiger partial charge in [0.2, 0.25) is 5.89 Å². The van der Waals surface area contributed by atoms with Crippen LogP contribution in [-0.4, -0.2) is 57.0 Å². The van der Waals surface area contributed by atoms with E-state index in [1.807, 2.05) is 12.1 Å². The molecule has 1 unspecified atom stereocenters. The quantitative estimate of drug-likeness (QED) is 0.363. The Hall–Kier alpha value is -2.38. The maximum atomic E-state index is 5.67. The van der Waals surface area contributed by atoms with Gasteiger partial charge in [-0.05, 0) is 38.3 Å². The first-order chi connectivity index (χ1) is 14.2. The van der Waals surface area contributed by atoms with Crippen molar-refractivity contribution in [3.05, 3.63) is 41.8 Å². The fourth-order valence-corrected chi connectivity index (χ4v) is 3.15. The Morgan fingerprint density at radius 2 is 2.07 bits per heavy atom. The number of aromatic nitrogens is 1. The van der Waals surface area contributed by atoms with Gasteiger partial charge >= 0.3 is 0 Å². The lowest BCUT2D eigenvalue weighted by Gasteiger charge is -2.12. The van der Waals surface area contributed by atoms with Gasteiger partial charge in [0.05, 0.1) is 18.4 Å². The second kappa shape index (κ2) is 11.6. The SMILES string of the molecule is CN=C(NCCCOCC1CCCO1)NCCc1coc(-c2ccc(C)cc2)n1. The average Bonchev–Trinajstić information content (AvgIpc) is 3.42. The number of nitrogens with one attached hydrogen (secondary N) is 2. The maximum Gasteiger partial charge on any atom is 0.226 e. The summed E-state index contributed by atoms with van der Waals surface area (Å²) in [6, 6.07) is 8.17. The van der Waals surface area contributed by atoms with E-state index < -0.39 is 0 Å². The predicted molar refractivity (Wildman–Crippen MR) is 114 cm³/mol. The van der Waals surface area contributed by atoms with Gasteiger partial charge in [-0.15, -0.1) is 0 Å². The van der Waals surface area contributed by atoms with Gasteiger partial charge in [0.25, 0.3) is 0 Å². The van der Waals surface area contributed by atoms with Crippen molar-refractivity contribution in [1.29, 1.82) is 0 Å². The fraction of sp³-hybridized carbons (Fsp3) is 0.545. The van der Waals surface area contributed by atoms with E-state index in [1.165, 1.54) is 5.56 Å². The summed E-state index contributed by atoms with van der Waals surface area (Å²) in [6.45, 7) is 5.91. The van der Waals surface area contributed by atoms with Gasteiger partial charge in [-0.25, -0.2) is 4.98 Å². The molecule has 0 spiro atoms. The Bertz CT molecular complexity index is 752. The molecule has 0 aliphatic carbocycles. The van der Waals surface area contributed by atoms with E-state index in [0.717, 1.165) is 69.2 Å². The summed E-state index contributed by atoms with van der Waals surface area (Å²) in [6.07, 6.45) is 5.97. The van der Waals surface area contributed by atoms with Crippen LogP contribution in [0.15, 0.2) is 39.9 Å². The minimum Gasteiger partial charge on any atom is -0.444 e. The molecule has 1 fully saturated rings. The standard InChI is InChI=1S/C22H32N4O3/c1-17-6-8-18(9-7-17)21-26-19(15-29-21)10-12-25-22(23-2)24-11-4-13-27-16-20-5-3-14-28-20/h6-9,15,20H,3-5,10-14,16H2,1-2H3,(H2,23,24,25). The van der Waals surface area contributed by atoms with Crippen LogP contribution in [0, 0.1) is 6.92 Å². The molecule has 29 heavy (non-hydrogen) atoms. The molecule has 1 aliphatic heterocycles. The molecular formula is C22H32N4O3. The number of hydrogen-bond acceptors (Lipinski definition) is 5. The van der Waals surface area contributed by atoms with Crippen molar-refractivity contribution >= 4 is 5.96 Å². The molecule has 1 aliphatic rings. The largest absolute Gasteiger partial charge is 0.444 e. The molecule has 7 nitrogen and oxygen atoms in total. The second-order valence-corrected chi connectivity index (χ2v) is 7.25. The number of benzene rings is 1. The Kier molecular flexibility index (Phi) is 8.52. The molecule has 7 heteroatoms. The second-order valence-electron chi connectivity index (χ2n) is 7.25. The molecule has 1 aromatic carbocycles. The topological polar surface area (TPSA) is 80.9 Å². The maximum absolute atomic E-state index is 5.67. The molecule has 0 bridgehead atoms. The summed E-state index contributed by atoms with van der Waals surface area (Å²) >= 11 is 0. The zero-order valence-corrected chi connectivity index (χ0v) is 17.4. The zero-order chi connectivity index (χ0) is 20.3. The van der Waals surface area contributed by atoms with Crippen LogP contribution in [0.1, 0.15) is 30.5 Å². The van der Waals surface area contributed by atoms with Gasteiger partial charge < -0.3 is 24.5 Å². The highest BCUT2D eigenvalue weighted by Gasteiger charge is 2.14. The number of nitrogens with zero attached hydrogens (tertiary/aromatic N) is 2. The van der Waals surface area contributed by atoms with E-state index in [1.54, 1.807) is 13.3 Å². The summed E-state index contributed by atoms with van der Waals surface area (Å²) < 4.78 is 16.8. The summed E-state index contributed by atoms with van der Waals surface area (Å²) in [4.78, 5) is 8.82. The van der Waals surface area contributed by atoms with Crippen molar-refractivity contribution in [2.45, 2.75) is 38.7 Å². The number of rotatable bonds is 10. The van der Waals surface area contributed by atoms with Gasteiger partial charge in [-0.3, -0.25) is 4.99 Å². The highest BCUT2D eigenvalue weighted by Crippen LogP contribution is 2.19. The molecule has 2 aromatic rings. The van der Waals surface area contributed by atoms with Gasteiger partial charge in [0.15, 0.2) is 5.96 Å². The van der Waals surface area contributed by atoms with Crippen LogP contribution < -0.4 is 10.6 Å². The highest BCUT2D eigenvalue weighted by atomic mass is 16.5. The predicted octanol–water partition coefficient (Wildman–Crippen LogP) is 2.94. The van der Waals surface area contributed by atoms with Crippen LogP contribution >= 0.6 is 0 Å². The molecule has 2 heterocycles. The van der Waals surface area contributed by atoms with Crippen LogP contribution in [0.2, 0.25) is 0 Å². The molecule has 1 atom stereocenters. The average molecular weight is 401 g/mol. The molecule has 0 radical (unpaired) electrons. The Balaban J connectivity index is 1.29. The fourth-order valence-electron chi connectivity index (χ4n) is 3.15. The highest BCUT2D eigenvalue weighted by molar-refractivity contribution is 5.79. The van der Waals surface area contributed by atoms with Gasteiger partial charge in [0.1, 0.15) is 6.26 Å². The number of aliphatic imine (C=N–C) groups is 1. The minimum atomic E-state index is 0.292. The van der Waals surface area contributed by atoms with E-state index in [9.17, 15) is 0 Å². The van der Waals surface area contributed by atoms with E-state index >= 15 is 0 Å². The third-order valence-electron chi connectivity index (χ3n) is 4.83. The van der Waals surface area contributed by atoms with Crippen molar-refractivity contribution in [3.63, 3.8) is 0 Å². The number of ether oxygens (including phenoxy) is 2. The number of oxazole rings is 1. The summed E-state index contributed by atoms with van der Waals surface area (Å²) in [5, 5.41) is 6.61. The number of aryl methyl sites for hydroxylation is 1. The lowest BCUT2D eigenvalue weighted by atomic mass is 10.1. The zero-order valence-electron chi connectivity index (χ0n) is 17.4. The van der Waals surface area contributed by atoms with E-state index in [0.29, 0.717) is 18.6 Å². The Morgan fingerprint density at radius 3 is 2.83 bits per heavy atom. The van der Waals surface area contributed by atoms with Crippen LogP contribution in [0.5, 0.6) is 0 Å². The van der Waals surface area contributed by atoms with Crippen LogP contribution in [-0.2, 0) is 15.9 Å². The molecule has 3 rings (SSSR count). The molecule has 158 valence electrons. The summed E-state index contributed by atoms with van der Waals surface area (Å²) in [5.41, 5.74) is 3.14. The third kappa shape index (κ3) is 7.18. The van der Waals surface area contributed by atoms with Crippen LogP contribution in [0.3, 0.4) is 0 Å². The van der Waals surface area contributed by atoms with Crippen LogP contribution in [0.25, 0.3) is 11.5 Å². The molecule has 1 saturated heterocycles. The van der Waals surface area contributed by atoms with Crippen molar-refractivity contribution in [2.75, 3.05) is 40.0 Å². The van der Waals surface area contributed by atoms with Gasteiger partial charge in [0, 0.05) is 45.3 Å². The van der Waals surface area contributed by atoms with Crippen molar-refractivity contribution in [3.8, 4) is 11.5 Å². The van der Waals surface area contributed by atoms with E-state index in [4.69, 9.17) is 13.9 Å². The smallest absolute Gasteiger partial charge is 0.226 e.